The van der Waals surface area contributed by atoms with E-state index in [-0.39, 0.29) is 18.1 Å². The first kappa shape index (κ1) is 13.7. The number of benzene rings is 1. The maximum Gasteiger partial charge on any atom is 0.360 e. The van der Waals surface area contributed by atoms with E-state index in [1.165, 1.54) is 19.4 Å². The van der Waals surface area contributed by atoms with Crippen LogP contribution < -0.4 is 4.74 Å². The van der Waals surface area contributed by atoms with Gasteiger partial charge >= 0.3 is 5.97 Å². The van der Waals surface area contributed by atoms with Gasteiger partial charge in [-0.25, -0.2) is 9.78 Å². The topological polar surface area (TPSA) is 65.5 Å². The fourth-order valence-electron chi connectivity index (χ4n) is 1.62. The van der Waals surface area contributed by atoms with Gasteiger partial charge in [0.1, 0.15) is 6.61 Å². The van der Waals surface area contributed by atoms with Gasteiger partial charge in [0.2, 0.25) is 0 Å². The lowest BCUT2D eigenvalue weighted by atomic mass is 10.2. The molecule has 0 saturated carbocycles. The summed E-state index contributed by atoms with van der Waals surface area (Å²) in [5.41, 5.74) is 1.33. The Kier molecular flexibility index (Phi) is 4.44. The lowest BCUT2D eigenvalue weighted by Gasteiger charge is -2.10. The second-order valence-electron chi connectivity index (χ2n) is 4.00. The lowest BCUT2D eigenvalue weighted by molar-refractivity contribution is 0.0588. The van der Waals surface area contributed by atoms with Gasteiger partial charge in [-0.1, -0.05) is 30.3 Å². The van der Waals surface area contributed by atoms with Crippen LogP contribution in [0.25, 0.3) is 0 Å². The number of hydrogen-bond donors (Lipinski definition) is 0. The van der Waals surface area contributed by atoms with Crippen molar-refractivity contribution in [3.05, 3.63) is 59.4 Å². The largest absolute Gasteiger partial charge is 0.486 e. The predicted octanol–water partition coefficient (Wildman–Crippen LogP) is 2.26. The van der Waals surface area contributed by atoms with Gasteiger partial charge in [-0.05, 0) is 11.6 Å². The van der Waals surface area contributed by atoms with Crippen molar-refractivity contribution >= 4 is 12.3 Å². The molecule has 20 heavy (non-hydrogen) atoms. The van der Waals surface area contributed by atoms with Gasteiger partial charge in [0.15, 0.2) is 17.7 Å². The number of carbonyl (C=O) groups excluding carboxylic acids is 2. The van der Waals surface area contributed by atoms with Gasteiger partial charge in [0.05, 0.1) is 7.11 Å². The highest BCUT2D eigenvalue weighted by Crippen LogP contribution is 2.19. The predicted molar refractivity (Wildman–Crippen MR) is 71.7 cm³/mol. The molecule has 102 valence electrons. The van der Waals surface area contributed by atoms with E-state index in [1.54, 1.807) is 0 Å². The molecular weight excluding hydrogens is 258 g/mol. The average molecular weight is 271 g/mol. The van der Waals surface area contributed by atoms with Crippen LogP contribution in [0.5, 0.6) is 5.75 Å². The fourth-order valence-corrected chi connectivity index (χ4v) is 1.62. The van der Waals surface area contributed by atoms with Crippen molar-refractivity contribution in [3.63, 3.8) is 0 Å². The molecule has 5 nitrogen and oxygen atoms in total. The van der Waals surface area contributed by atoms with Crippen molar-refractivity contribution < 1.29 is 19.1 Å². The molecule has 5 heteroatoms. The molecular formula is C15H13NO4. The maximum atomic E-state index is 11.6. The third kappa shape index (κ3) is 3.20. The molecule has 2 aromatic rings. The number of aromatic nitrogens is 1. The molecule has 0 aliphatic carbocycles. The second-order valence-corrected chi connectivity index (χ2v) is 4.00. The monoisotopic (exact) mass is 271 g/mol. The molecule has 0 fully saturated rings. The van der Waals surface area contributed by atoms with Crippen LogP contribution in [0.3, 0.4) is 0 Å². The van der Waals surface area contributed by atoms with Crippen LogP contribution in [0.2, 0.25) is 0 Å². The molecule has 0 spiro atoms. The molecule has 0 aliphatic heterocycles. The normalized spacial score (nSPS) is 9.85. The second kappa shape index (κ2) is 6.47. The first-order valence-corrected chi connectivity index (χ1v) is 5.95. The van der Waals surface area contributed by atoms with Crippen LogP contribution in [0, 0.1) is 0 Å². The molecule has 0 N–H and O–H groups in total. The third-order valence-electron chi connectivity index (χ3n) is 2.63. The minimum absolute atomic E-state index is 0.0500. The van der Waals surface area contributed by atoms with E-state index in [4.69, 9.17) is 4.74 Å². The van der Waals surface area contributed by atoms with Gasteiger partial charge in [-0.3, -0.25) is 4.79 Å². The third-order valence-corrected chi connectivity index (χ3v) is 2.63. The number of methoxy groups -OCH3 is 1. The Bertz CT molecular complexity index is 611. The smallest absolute Gasteiger partial charge is 0.360 e. The summed E-state index contributed by atoms with van der Waals surface area (Å²) in [5.74, 6) is -0.379. The van der Waals surface area contributed by atoms with Gasteiger partial charge in [0, 0.05) is 11.8 Å². The van der Waals surface area contributed by atoms with Crippen LogP contribution >= 0.6 is 0 Å². The summed E-state index contributed by atoms with van der Waals surface area (Å²) in [7, 11) is 1.26. The van der Waals surface area contributed by atoms with Crippen LogP contribution in [-0.2, 0) is 11.3 Å². The molecule has 0 aliphatic rings. The highest BCUT2D eigenvalue weighted by atomic mass is 16.5. The van der Waals surface area contributed by atoms with Gasteiger partial charge in [0.25, 0.3) is 0 Å². The van der Waals surface area contributed by atoms with Crippen LogP contribution in [0.15, 0.2) is 42.6 Å². The summed E-state index contributed by atoms with van der Waals surface area (Å²) >= 11 is 0. The molecule has 0 saturated heterocycles. The molecule has 0 atom stereocenters. The maximum absolute atomic E-state index is 11.6. The van der Waals surface area contributed by atoms with E-state index in [2.05, 4.69) is 9.72 Å². The molecule has 0 unspecified atom stereocenters. The zero-order valence-electron chi connectivity index (χ0n) is 10.9. The summed E-state index contributed by atoms with van der Waals surface area (Å²) in [6, 6.07) is 10.9. The number of nitrogens with zero attached hydrogens (tertiary/aromatic N) is 1. The van der Waals surface area contributed by atoms with E-state index in [9.17, 15) is 9.59 Å². The van der Waals surface area contributed by atoms with Crippen LogP contribution in [-0.4, -0.2) is 24.3 Å². The van der Waals surface area contributed by atoms with E-state index in [0.29, 0.717) is 11.8 Å². The molecule has 1 heterocycles. The van der Waals surface area contributed by atoms with Crippen molar-refractivity contribution in [3.8, 4) is 5.75 Å². The minimum atomic E-state index is -0.606. The van der Waals surface area contributed by atoms with E-state index < -0.39 is 5.97 Å². The van der Waals surface area contributed by atoms with Crippen LogP contribution in [0.4, 0.5) is 0 Å². The number of rotatable bonds is 5. The number of pyridine rings is 1. The molecule has 0 amide bonds. The molecule has 1 aromatic carbocycles. The lowest BCUT2D eigenvalue weighted by Crippen LogP contribution is -2.09. The highest BCUT2D eigenvalue weighted by Gasteiger charge is 2.15. The van der Waals surface area contributed by atoms with Gasteiger partial charge < -0.3 is 9.47 Å². The summed E-state index contributed by atoms with van der Waals surface area (Å²) in [6.45, 7) is 0.273. The van der Waals surface area contributed by atoms with Crippen molar-refractivity contribution in [2.75, 3.05) is 7.11 Å². The Labute approximate surface area is 116 Å². The minimum Gasteiger partial charge on any atom is -0.486 e. The first-order valence-electron chi connectivity index (χ1n) is 5.95. The summed E-state index contributed by atoms with van der Waals surface area (Å²) in [6.07, 6.45) is 1.94. The summed E-state index contributed by atoms with van der Waals surface area (Å²) in [4.78, 5) is 26.3. The van der Waals surface area contributed by atoms with E-state index in [0.717, 1.165) is 5.56 Å². The number of esters is 1. The SMILES string of the molecule is COC(=O)c1ncc(C=O)cc1OCc1ccccc1. The molecule has 2 rings (SSSR count). The molecule has 0 bridgehead atoms. The average Bonchev–Trinajstić information content (AvgIpc) is 2.52. The number of carbonyl (C=O) groups is 2. The number of aldehydes is 1. The zero-order valence-corrected chi connectivity index (χ0v) is 10.9. The van der Waals surface area contributed by atoms with E-state index in [1.807, 2.05) is 30.3 Å². The molecule has 1 aromatic heterocycles. The summed E-state index contributed by atoms with van der Waals surface area (Å²) < 4.78 is 10.2. The van der Waals surface area contributed by atoms with Crippen molar-refractivity contribution in [2.24, 2.45) is 0 Å². The zero-order chi connectivity index (χ0) is 14.4. The van der Waals surface area contributed by atoms with Crippen molar-refractivity contribution in [2.45, 2.75) is 6.61 Å². The van der Waals surface area contributed by atoms with Gasteiger partial charge in [-0.2, -0.15) is 0 Å². The Hall–Kier alpha value is -2.69. The molecule has 0 radical (unpaired) electrons. The fraction of sp³-hybridized carbons (Fsp3) is 0.133. The van der Waals surface area contributed by atoms with E-state index >= 15 is 0 Å². The van der Waals surface area contributed by atoms with Gasteiger partial charge in [-0.15, -0.1) is 0 Å². The van der Waals surface area contributed by atoms with Crippen LogP contribution in [0.1, 0.15) is 26.4 Å². The Morgan fingerprint density at radius 2 is 2.05 bits per heavy atom. The Morgan fingerprint density at radius 1 is 1.30 bits per heavy atom. The highest BCUT2D eigenvalue weighted by molar-refractivity contribution is 5.91. The standard InChI is InChI=1S/C15H13NO4/c1-19-15(18)14-13(7-12(9-17)8-16-14)20-10-11-5-3-2-4-6-11/h2-9H,10H2,1H3. The quantitative estimate of drug-likeness (QED) is 0.616. The number of hydrogen-bond acceptors (Lipinski definition) is 5. The summed E-state index contributed by atoms with van der Waals surface area (Å²) in [5, 5.41) is 0. The Balaban J connectivity index is 2.24. The Morgan fingerprint density at radius 3 is 2.70 bits per heavy atom. The first-order chi connectivity index (χ1) is 9.74. The van der Waals surface area contributed by atoms with Crippen molar-refractivity contribution in [1.29, 1.82) is 0 Å². The number of ether oxygens (including phenoxy) is 2. The van der Waals surface area contributed by atoms with Crippen molar-refractivity contribution in [1.82, 2.24) is 4.98 Å².